The first-order valence-electron chi connectivity index (χ1n) is 13.6. The van der Waals surface area contributed by atoms with Gasteiger partial charge in [-0.15, -0.1) is 0 Å². The van der Waals surface area contributed by atoms with Gasteiger partial charge in [-0.05, 0) is 59.0 Å². The van der Waals surface area contributed by atoms with Crippen LogP contribution >= 0.6 is 0 Å². The molecule has 0 radical (unpaired) electrons. The number of carbonyl (C=O) groups excluding carboxylic acids is 1. The van der Waals surface area contributed by atoms with Crippen LogP contribution in [0, 0.1) is 0 Å². The third-order valence-corrected chi connectivity index (χ3v) is 8.63. The summed E-state index contributed by atoms with van der Waals surface area (Å²) in [7, 11) is 3.53. The average Bonchev–Trinajstić information content (AvgIpc) is 3.56. The first-order chi connectivity index (χ1) is 19.1. The van der Waals surface area contributed by atoms with Gasteiger partial charge in [-0.25, -0.2) is 0 Å². The number of nitrogens with one attached hydrogen (secondary N) is 1. The maximum atomic E-state index is 13.4. The number of fused-ring (bicyclic) bond motifs is 3. The number of benzene rings is 3. The van der Waals surface area contributed by atoms with E-state index >= 15 is 0 Å². The van der Waals surface area contributed by atoms with E-state index in [-0.39, 0.29) is 11.8 Å². The fraction of sp³-hybridized carbons (Fsp3) is 0.312. The molecule has 1 aliphatic carbocycles. The standard InChI is InChI=1S/C32H32N4O3/c1-35-30-12-9-24(38-2)18-26(30)32(31(35)37)19-27(32)23-8-10-25-28(33-34-29(25)17-23)11-7-21-3-5-22(6-4-21)20-36-13-15-39-16-14-36/h3-12,17-18,27H,13-16,19-20H2,1-2H3,(H,33,34)/b11-7+/t27-,32?/m0/s1. The van der Waals surface area contributed by atoms with E-state index in [9.17, 15) is 4.79 Å². The maximum Gasteiger partial charge on any atom is 0.238 e. The molecule has 2 atom stereocenters. The van der Waals surface area contributed by atoms with Crippen molar-refractivity contribution in [3.63, 3.8) is 0 Å². The molecule has 7 heteroatoms. The number of hydrogen-bond acceptors (Lipinski definition) is 5. The van der Waals surface area contributed by atoms with Crippen LogP contribution in [0.5, 0.6) is 5.75 Å². The molecule has 1 amide bonds. The number of aromatic nitrogens is 2. The maximum absolute atomic E-state index is 13.4. The number of methoxy groups -OCH3 is 1. The zero-order valence-electron chi connectivity index (χ0n) is 22.3. The predicted octanol–water partition coefficient (Wildman–Crippen LogP) is 4.98. The lowest BCUT2D eigenvalue weighted by molar-refractivity contribution is -0.120. The van der Waals surface area contributed by atoms with Crippen LogP contribution in [0.25, 0.3) is 23.1 Å². The Morgan fingerprint density at radius 3 is 2.69 bits per heavy atom. The van der Waals surface area contributed by atoms with Crippen molar-refractivity contribution in [1.29, 1.82) is 0 Å². The number of morpholine rings is 1. The molecular weight excluding hydrogens is 488 g/mol. The van der Waals surface area contributed by atoms with Gasteiger partial charge < -0.3 is 14.4 Å². The van der Waals surface area contributed by atoms with Gasteiger partial charge in [0, 0.05) is 43.7 Å². The minimum Gasteiger partial charge on any atom is -0.497 e. The van der Waals surface area contributed by atoms with Gasteiger partial charge >= 0.3 is 0 Å². The Balaban J connectivity index is 1.09. The summed E-state index contributed by atoms with van der Waals surface area (Å²) in [5.41, 5.74) is 7.07. The van der Waals surface area contributed by atoms with Crippen molar-refractivity contribution in [2.45, 2.75) is 24.3 Å². The van der Waals surface area contributed by atoms with Crippen molar-refractivity contribution in [3.05, 3.63) is 88.6 Å². The Bertz CT molecular complexity index is 1590. The summed E-state index contributed by atoms with van der Waals surface area (Å²) >= 11 is 0. The van der Waals surface area contributed by atoms with Crippen LogP contribution in [0.3, 0.4) is 0 Å². The minimum absolute atomic E-state index is 0.142. The number of ether oxygens (including phenoxy) is 2. The highest BCUT2D eigenvalue weighted by Gasteiger charge is 2.66. The van der Waals surface area contributed by atoms with Gasteiger partial charge in [0.1, 0.15) is 5.75 Å². The van der Waals surface area contributed by atoms with Crippen molar-refractivity contribution < 1.29 is 14.3 Å². The number of likely N-dealkylation sites (N-methyl/N-ethyl adjacent to an activating group) is 1. The van der Waals surface area contributed by atoms with E-state index in [0.717, 1.165) is 84.0 Å². The molecule has 2 fully saturated rings. The highest BCUT2D eigenvalue weighted by molar-refractivity contribution is 6.11. The summed E-state index contributed by atoms with van der Waals surface area (Å²) in [5, 5.41) is 8.86. The summed E-state index contributed by atoms with van der Waals surface area (Å²) in [5.74, 6) is 1.09. The Labute approximate surface area is 228 Å². The first-order valence-corrected chi connectivity index (χ1v) is 13.6. The Kier molecular flexibility index (Phi) is 5.79. The molecule has 1 N–H and O–H groups in total. The first kappa shape index (κ1) is 24.1. The molecule has 3 heterocycles. The van der Waals surface area contributed by atoms with Crippen molar-refractivity contribution in [3.8, 4) is 5.75 Å². The van der Waals surface area contributed by atoms with E-state index in [2.05, 4.69) is 69.7 Å². The fourth-order valence-electron chi connectivity index (χ4n) is 6.34. The summed E-state index contributed by atoms with van der Waals surface area (Å²) in [6.07, 6.45) is 4.98. The van der Waals surface area contributed by atoms with E-state index in [0.29, 0.717) is 0 Å². The van der Waals surface area contributed by atoms with Gasteiger partial charge in [0.25, 0.3) is 0 Å². The number of rotatable bonds is 6. The largest absolute Gasteiger partial charge is 0.497 e. The number of hydrogen-bond donors (Lipinski definition) is 1. The van der Waals surface area contributed by atoms with Gasteiger partial charge in [-0.3, -0.25) is 14.8 Å². The van der Waals surface area contributed by atoms with Gasteiger partial charge in [0.15, 0.2) is 0 Å². The van der Waals surface area contributed by atoms with Crippen LogP contribution in [-0.4, -0.2) is 61.5 Å². The molecule has 1 saturated heterocycles. The molecule has 0 bridgehead atoms. The van der Waals surface area contributed by atoms with Gasteiger partial charge in [-0.2, -0.15) is 5.10 Å². The predicted molar refractivity (Wildman–Crippen MR) is 153 cm³/mol. The smallest absolute Gasteiger partial charge is 0.238 e. The van der Waals surface area contributed by atoms with Crippen molar-refractivity contribution in [2.24, 2.45) is 0 Å². The number of amides is 1. The van der Waals surface area contributed by atoms with E-state index in [1.165, 1.54) is 5.56 Å². The quantitative estimate of drug-likeness (QED) is 0.389. The number of nitrogens with zero attached hydrogens (tertiary/aromatic N) is 3. The van der Waals surface area contributed by atoms with E-state index in [1.807, 2.05) is 25.2 Å². The SMILES string of the molecule is COc1ccc2c(c1)C1(C[C@H]1c1ccc3c(/C=C/c4ccc(CN5CCOCC5)cc4)n[nH]c3c1)C(=O)N2C. The number of aromatic amines is 1. The number of carbonyl (C=O) groups is 1. The van der Waals surface area contributed by atoms with Gasteiger partial charge in [0.2, 0.25) is 5.91 Å². The molecule has 198 valence electrons. The van der Waals surface area contributed by atoms with Crippen molar-refractivity contribution in [1.82, 2.24) is 15.1 Å². The Morgan fingerprint density at radius 2 is 1.90 bits per heavy atom. The molecule has 3 aliphatic rings. The van der Waals surface area contributed by atoms with Crippen molar-refractivity contribution >= 4 is 34.6 Å². The summed E-state index contributed by atoms with van der Waals surface area (Å²) in [6, 6.07) is 21.1. The molecule has 4 aromatic rings. The molecule has 1 aromatic heterocycles. The van der Waals surface area contributed by atoms with Crippen LogP contribution in [0.15, 0.2) is 60.7 Å². The summed E-state index contributed by atoms with van der Waals surface area (Å²) < 4.78 is 10.9. The fourth-order valence-corrected chi connectivity index (χ4v) is 6.34. The zero-order chi connectivity index (χ0) is 26.6. The van der Waals surface area contributed by atoms with Crippen LogP contribution in [0.2, 0.25) is 0 Å². The molecule has 2 aliphatic heterocycles. The molecule has 1 saturated carbocycles. The second kappa shape index (κ2) is 9.36. The van der Waals surface area contributed by atoms with Crippen LogP contribution in [0.4, 0.5) is 5.69 Å². The molecule has 39 heavy (non-hydrogen) atoms. The van der Waals surface area contributed by atoms with Crippen LogP contribution < -0.4 is 9.64 Å². The normalized spacial score (nSPS) is 22.8. The lowest BCUT2D eigenvalue weighted by atomic mass is 9.91. The summed E-state index contributed by atoms with van der Waals surface area (Å²) in [4.78, 5) is 17.6. The lowest BCUT2D eigenvalue weighted by Gasteiger charge is -2.26. The lowest BCUT2D eigenvalue weighted by Crippen LogP contribution is -2.35. The molecule has 1 unspecified atom stereocenters. The zero-order valence-corrected chi connectivity index (χ0v) is 22.3. The average molecular weight is 521 g/mol. The van der Waals surface area contributed by atoms with Crippen molar-refractivity contribution in [2.75, 3.05) is 45.4 Å². The molecule has 7 nitrogen and oxygen atoms in total. The summed E-state index contributed by atoms with van der Waals surface area (Å²) in [6.45, 7) is 4.59. The van der Waals surface area contributed by atoms with Gasteiger partial charge in [0.05, 0.1) is 36.9 Å². The molecule has 1 spiro atoms. The van der Waals surface area contributed by atoms with Crippen LogP contribution in [0.1, 0.15) is 40.3 Å². The number of H-pyrrole nitrogens is 1. The number of anilines is 1. The molecule has 7 rings (SSSR count). The molecular formula is C32H32N4O3. The molecule has 3 aromatic carbocycles. The second-order valence-corrected chi connectivity index (χ2v) is 10.9. The van der Waals surface area contributed by atoms with Crippen LogP contribution in [-0.2, 0) is 21.5 Å². The Hall–Kier alpha value is -3.94. The third-order valence-electron chi connectivity index (χ3n) is 8.63. The highest BCUT2D eigenvalue weighted by atomic mass is 16.5. The minimum atomic E-state index is -0.497. The topological polar surface area (TPSA) is 70.7 Å². The Morgan fingerprint density at radius 1 is 1.08 bits per heavy atom. The van der Waals surface area contributed by atoms with E-state index in [1.54, 1.807) is 12.0 Å². The van der Waals surface area contributed by atoms with Gasteiger partial charge in [-0.1, -0.05) is 42.5 Å². The highest BCUT2D eigenvalue weighted by Crippen LogP contribution is 2.66. The third kappa shape index (κ3) is 4.04. The monoisotopic (exact) mass is 520 g/mol. The van der Waals surface area contributed by atoms with E-state index in [4.69, 9.17) is 9.47 Å². The van der Waals surface area contributed by atoms with E-state index < -0.39 is 5.41 Å². The second-order valence-electron chi connectivity index (χ2n) is 10.9.